The second-order valence-corrected chi connectivity index (χ2v) is 4.07. The van der Waals surface area contributed by atoms with Gasteiger partial charge in [0.05, 0.1) is 7.11 Å². The van der Waals surface area contributed by atoms with Gasteiger partial charge >= 0.3 is 0 Å². The van der Waals surface area contributed by atoms with Crippen molar-refractivity contribution in [2.75, 3.05) is 12.4 Å². The predicted octanol–water partition coefficient (Wildman–Crippen LogP) is 3.86. The SMILES string of the molecule is COc1ccc(CNc2c(F)cc(F)cc2F)cc1F. The molecule has 6 heteroatoms. The molecule has 0 saturated carbocycles. The molecule has 106 valence electrons. The molecule has 2 aromatic carbocycles. The molecule has 2 aromatic rings. The van der Waals surface area contributed by atoms with Crippen molar-refractivity contribution in [3.05, 3.63) is 59.2 Å². The van der Waals surface area contributed by atoms with Crippen molar-refractivity contribution in [1.82, 2.24) is 0 Å². The number of anilines is 1. The Morgan fingerprint density at radius 3 is 2.15 bits per heavy atom. The van der Waals surface area contributed by atoms with Gasteiger partial charge in [-0.25, -0.2) is 17.6 Å². The van der Waals surface area contributed by atoms with Gasteiger partial charge in [-0.15, -0.1) is 0 Å². The average Bonchev–Trinajstić information content (AvgIpc) is 2.37. The van der Waals surface area contributed by atoms with Crippen LogP contribution in [0, 0.1) is 23.3 Å². The van der Waals surface area contributed by atoms with Crippen molar-refractivity contribution >= 4 is 5.69 Å². The molecule has 0 aliphatic heterocycles. The van der Waals surface area contributed by atoms with Gasteiger partial charge in [-0.1, -0.05) is 6.07 Å². The molecule has 0 radical (unpaired) electrons. The van der Waals surface area contributed by atoms with E-state index in [-0.39, 0.29) is 12.3 Å². The number of rotatable bonds is 4. The Kier molecular flexibility index (Phi) is 4.12. The van der Waals surface area contributed by atoms with Crippen molar-refractivity contribution in [1.29, 1.82) is 0 Å². The molecule has 0 aliphatic rings. The van der Waals surface area contributed by atoms with Crippen LogP contribution < -0.4 is 10.1 Å². The fourth-order valence-corrected chi connectivity index (χ4v) is 1.72. The minimum Gasteiger partial charge on any atom is -0.494 e. The van der Waals surface area contributed by atoms with E-state index in [4.69, 9.17) is 4.74 Å². The fraction of sp³-hybridized carbons (Fsp3) is 0.143. The third-order valence-electron chi connectivity index (χ3n) is 2.69. The van der Waals surface area contributed by atoms with Crippen LogP contribution in [0.3, 0.4) is 0 Å². The molecule has 0 aromatic heterocycles. The minimum absolute atomic E-state index is 0.0135. The standard InChI is InChI=1S/C14H11F4NO/c1-20-13-3-2-8(4-10(13)16)7-19-14-11(17)5-9(15)6-12(14)18/h2-6,19H,7H2,1H3. The number of ether oxygens (including phenoxy) is 1. The number of halogens is 4. The summed E-state index contributed by atoms with van der Waals surface area (Å²) in [7, 11) is 1.33. The number of hydrogen-bond acceptors (Lipinski definition) is 2. The van der Waals surface area contributed by atoms with E-state index in [1.165, 1.54) is 19.2 Å². The molecule has 0 atom stereocenters. The maximum absolute atomic E-state index is 13.4. The lowest BCUT2D eigenvalue weighted by Gasteiger charge is -2.10. The van der Waals surface area contributed by atoms with Crippen LogP contribution in [0.5, 0.6) is 5.75 Å². The highest BCUT2D eigenvalue weighted by Crippen LogP contribution is 2.22. The molecule has 0 spiro atoms. The van der Waals surface area contributed by atoms with Crippen molar-refractivity contribution in [3.63, 3.8) is 0 Å². The van der Waals surface area contributed by atoms with Crippen LogP contribution in [0.1, 0.15) is 5.56 Å². The molecule has 0 bridgehead atoms. The van der Waals surface area contributed by atoms with Crippen molar-refractivity contribution in [2.24, 2.45) is 0 Å². The second-order valence-electron chi connectivity index (χ2n) is 4.07. The van der Waals surface area contributed by atoms with Crippen LogP contribution in [0.15, 0.2) is 30.3 Å². The summed E-state index contributed by atoms with van der Waals surface area (Å²) in [5.41, 5.74) is 0.00838. The van der Waals surface area contributed by atoms with Crippen LogP contribution >= 0.6 is 0 Å². The number of hydrogen-bond donors (Lipinski definition) is 1. The number of nitrogens with one attached hydrogen (secondary N) is 1. The van der Waals surface area contributed by atoms with E-state index < -0.39 is 29.0 Å². The van der Waals surface area contributed by atoms with E-state index in [1.54, 1.807) is 6.07 Å². The topological polar surface area (TPSA) is 21.3 Å². The van der Waals surface area contributed by atoms with Gasteiger partial charge in [-0.2, -0.15) is 0 Å². The molecular weight excluding hydrogens is 274 g/mol. The normalized spacial score (nSPS) is 10.4. The van der Waals surface area contributed by atoms with Gasteiger partial charge in [-0.05, 0) is 17.7 Å². The third kappa shape index (κ3) is 3.01. The molecule has 1 N–H and O–H groups in total. The summed E-state index contributed by atoms with van der Waals surface area (Å²) in [6, 6.07) is 5.28. The Morgan fingerprint density at radius 1 is 0.950 bits per heavy atom. The molecule has 0 heterocycles. The lowest BCUT2D eigenvalue weighted by atomic mass is 10.2. The highest BCUT2D eigenvalue weighted by Gasteiger charge is 2.11. The van der Waals surface area contributed by atoms with Gasteiger partial charge in [0.1, 0.15) is 11.5 Å². The highest BCUT2D eigenvalue weighted by molar-refractivity contribution is 5.47. The van der Waals surface area contributed by atoms with Gasteiger partial charge < -0.3 is 10.1 Å². The van der Waals surface area contributed by atoms with Gasteiger partial charge in [0.2, 0.25) is 0 Å². The zero-order valence-corrected chi connectivity index (χ0v) is 10.5. The monoisotopic (exact) mass is 285 g/mol. The highest BCUT2D eigenvalue weighted by atomic mass is 19.1. The molecule has 2 rings (SSSR count). The van der Waals surface area contributed by atoms with E-state index in [0.29, 0.717) is 17.7 Å². The molecule has 0 unspecified atom stereocenters. The van der Waals surface area contributed by atoms with E-state index >= 15 is 0 Å². The summed E-state index contributed by atoms with van der Waals surface area (Å²) in [5, 5.41) is 2.47. The Labute approximate surface area is 113 Å². The van der Waals surface area contributed by atoms with E-state index in [1.807, 2.05) is 0 Å². The fourth-order valence-electron chi connectivity index (χ4n) is 1.72. The quantitative estimate of drug-likeness (QED) is 0.861. The first-order valence-electron chi connectivity index (χ1n) is 5.72. The minimum atomic E-state index is -1.04. The lowest BCUT2D eigenvalue weighted by molar-refractivity contribution is 0.386. The van der Waals surface area contributed by atoms with Crippen LogP contribution in [0.4, 0.5) is 23.2 Å². The first kappa shape index (κ1) is 14.2. The van der Waals surface area contributed by atoms with Crippen LogP contribution in [-0.4, -0.2) is 7.11 Å². The van der Waals surface area contributed by atoms with Gasteiger partial charge in [0.15, 0.2) is 23.2 Å². The van der Waals surface area contributed by atoms with E-state index in [2.05, 4.69) is 5.32 Å². The second kappa shape index (κ2) is 5.81. The molecule has 0 amide bonds. The summed E-state index contributed by atoms with van der Waals surface area (Å²) in [5.74, 6) is -3.59. The largest absolute Gasteiger partial charge is 0.494 e. The lowest BCUT2D eigenvalue weighted by Crippen LogP contribution is -2.05. The van der Waals surface area contributed by atoms with Gasteiger partial charge in [0, 0.05) is 18.7 Å². The van der Waals surface area contributed by atoms with Crippen LogP contribution in [-0.2, 0) is 6.54 Å². The Balaban J connectivity index is 2.15. The maximum atomic E-state index is 13.4. The zero-order valence-electron chi connectivity index (χ0n) is 10.5. The Hall–Kier alpha value is -2.24. The summed E-state index contributed by atoms with van der Waals surface area (Å²) in [4.78, 5) is 0. The van der Waals surface area contributed by atoms with E-state index in [0.717, 1.165) is 0 Å². The van der Waals surface area contributed by atoms with Crippen LogP contribution in [0.2, 0.25) is 0 Å². The smallest absolute Gasteiger partial charge is 0.165 e. The summed E-state index contributed by atoms with van der Waals surface area (Å²) >= 11 is 0. The van der Waals surface area contributed by atoms with Crippen LogP contribution in [0.25, 0.3) is 0 Å². The maximum Gasteiger partial charge on any atom is 0.165 e. The van der Waals surface area contributed by atoms with E-state index in [9.17, 15) is 17.6 Å². The summed E-state index contributed by atoms with van der Waals surface area (Å²) in [6.07, 6.45) is 0. The predicted molar refractivity (Wildman–Crippen MR) is 66.6 cm³/mol. The third-order valence-corrected chi connectivity index (χ3v) is 2.69. The first-order valence-corrected chi connectivity index (χ1v) is 5.72. The molecular formula is C14H11F4NO. The van der Waals surface area contributed by atoms with Gasteiger partial charge in [-0.3, -0.25) is 0 Å². The van der Waals surface area contributed by atoms with Crippen molar-refractivity contribution in [2.45, 2.75) is 6.54 Å². The van der Waals surface area contributed by atoms with Crippen molar-refractivity contribution < 1.29 is 22.3 Å². The molecule has 0 aliphatic carbocycles. The summed E-state index contributed by atoms with van der Waals surface area (Å²) < 4.78 is 57.7. The average molecular weight is 285 g/mol. The van der Waals surface area contributed by atoms with Crippen molar-refractivity contribution in [3.8, 4) is 5.75 Å². The Morgan fingerprint density at radius 2 is 1.60 bits per heavy atom. The molecule has 0 fully saturated rings. The molecule has 20 heavy (non-hydrogen) atoms. The summed E-state index contributed by atoms with van der Waals surface area (Å²) in [6.45, 7) is -0.0135. The number of methoxy groups -OCH3 is 1. The molecule has 2 nitrogen and oxygen atoms in total. The van der Waals surface area contributed by atoms with Gasteiger partial charge in [0.25, 0.3) is 0 Å². The first-order chi connectivity index (χ1) is 9.51. The number of benzene rings is 2. The Bertz CT molecular complexity index is 608. The molecule has 0 saturated heterocycles. The zero-order chi connectivity index (χ0) is 14.7.